The molecule has 0 saturated carbocycles. The zero-order valence-corrected chi connectivity index (χ0v) is 16.9. The average molecular weight is 441 g/mol. The standard InChI is InChI=1S/C18H27N5.HI/c1-3-4-5-6-12-20-18(19-2)21-15-16-8-10-17(11-9-16)23-14-7-13-22-23;/h7-11,13-14H,3-6,12,15H2,1-2H3,(H2,19,20,21);1H. The number of aromatic nitrogens is 2. The zero-order chi connectivity index (χ0) is 16.3. The predicted octanol–water partition coefficient (Wildman–Crippen LogP) is 3.74. The van der Waals surface area contributed by atoms with Gasteiger partial charge in [0.1, 0.15) is 0 Å². The Bertz CT molecular complexity index is 578. The molecule has 1 heterocycles. The minimum Gasteiger partial charge on any atom is -0.356 e. The molecule has 5 nitrogen and oxygen atoms in total. The van der Waals surface area contributed by atoms with Crippen molar-refractivity contribution in [3.05, 3.63) is 48.3 Å². The summed E-state index contributed by atoms with van der Waals surface area (Å²) in [5.74, 6) is 0.859. The summed E-state index contributed by atoms with van der Waals surface area (Å²) >= 11 is 0. The molecule has 0 aliphatic heterocycles. The molecular weight excluding hydrogens is 413 g/mol. The van der Waals surface area contributed by atoms with Crippen LogP contribution in [0.4, 0.5) is 0 Å². The molecule has 24 heavy (non-hydrogen) atoms. The number of guanidine groups is 1. The Hall–Kier alpha value is -1.57. The molecule has 1 aromatic heterocycles. The lowest BCUT2D eigenvalue weighted by atomic mass is 10.2. The number of nitrogens with one attached hydrogen (secondary N) is 2. The SMILES string of the molecule is CCCCCCNC(=NC)NCc1ccc(-n2cccn2)cc1.I. The van der Waals surface area contributed by atoms with Crippen molar-refractivity contribution in [1.82, 2.24) is 20.4 Å². The molecule has 2 N–H and O–H groups in total. The minimum atomic E-state index is 0. The summed E-state index contributed by atoms with van der Waals surface area (Å²) in [6, 6.07) is 10.3. The van der Waals surface area contributed by atoms with Gasteiger partial charge in [0.15, 0.2) is 5.96 Å². The van der Waals surface area contributed by atoms with Gasteiger partial charge < -0.3 is 10.6 Å². The Balaban J connectivity index is 0.00000288. The first kappa shape index (κ1) is 20.5. The second kappa shape index (κ2) is 11.9. The maximum absolute atomic E-state index is 4.26. The summed E-state index contributed by atoms with van der Waals surface area (Å²) in [6.45, 7) is 3.96. The first-order chi connectivity index (χ1) is 11.3. The number of nitrogens with zero attached hydrogens (tertiary/aromatic N) is 3. The maximum atomic E-state index is 4.26. The van der Waals surface area contributed by atoms with Gasteiger partial charge in [0.05, 0.1) is 5.69 Å². The number of halogens is 1. The van der Waals surface area contributed by atoms with Crippen LogP contribution in [-0.2, 0) is 6.54 Å². The third-order valence-corrected chi connectivity index (χ3v) is 3.71. The molecule has 0 spiro atoms. The molecule has 0 bridgehead atoms. The van der Waals surface area contributed by atoms with Crippen molar-refractivity contribution in [3.63, 3.8) is 0 Å². The van der Waals surface area contributed by atoms with E-state index in [0.29, 0.717) is 0 Å². The van der Waals surface area contributed by atoms with Gasteiger partial charge in [-0.3, -0.25) is 4.99 Å². The third-order valence-electron chi connectivity index (χ3n) is 3.71. The number of aliphatic imine (C=N–C) groups is 1. The summed E-state index contributed by atoms with van der Waals surface area (Å²) in [6.07, 6.45) is 8.75. The highest BCUT2D eigenvalue weighted by atomic mass is 127. The van der Waals surface area contributed by atoms with Crippen LogP contribution in [0.25, 0.3) is 5.69 Å². The molecule has 0 atom stereocenters. The Kier molecular flexibility index (Phi) is 10.1. The summed E-state index contributed by atoms with van der Waals surface area (Å²) in [7, 11) is 1.81. The van der Waals surface area contributed by atoms with E-state index in [4.69, 9.17) is 0 Å². The van der Waals surface area contributed by atoms with Crippen LogP contribution in [0.2, 0.25) is 0 Å². The highest BCUT2D eigenvalue weighted by molar-refractivity contribution is 14.0. The fourth-order valence-electron chi connectivity index (χ4n) is 2.35. The van der Waals surface area contributed by atoms with Gasteiger partial charge in [-0.15, -0.1) is 24.0 Å². The zero-order valence-electron chi connectivity index (χ0n) is 14.5. The summed E-state index contributed by atoms with van der Waals surface area (Å²) in [5, 5.41) is 10.9. The molecule has 0 aliphatic carbocycles. The van der Waals surface area contributed by atoms with Gasteiger partial charge in [-0.1, -0.05) is 38.3 Å². The van der Waals surface area contributed by atoms with Gasteiger partial charge in [-0.2, -0.15) is 5.10 Å². The summed E-state index contributed by atoms with van der Waals surface area (Å²) in [4.78, 5) is 4.26. The smallest absolute Gasteiger partial charge is 0.191 e. The molecule has 2 aromatic rings. The maximum Gasteiger partial charge on any atom is 0.191 e. The number of rotatable bonds is 8. The van der Waals surface area contributed by atoms with Gasteiger partial charge in [-0.25, -0.2) is 4.68 Å². The van der Waals surface area contributed by atoms with Crippen LogP contribution < -0.4 is 10.6 Å². The molecular formula is C18H28IN5. The van der Waals surface area contributed by atoms with E-state index >= 15 is 0 Å². The third kappa shape index (κ3) is 6.90. The topological polar surface area (TPSA) is 54.2 Å². The molecule has 132 valence electrons. The van der Waals surface area contributed by atoms with Crippen LogP contribution in [0.5, 0.6) is 0 Å². The largest absolute Gasteiger partial charge is 0.356 e. The highest BCUT2D eigenvalue weighted by Gasteiger charge is 2.00. The molecule has 0 saturated heterocycles. The monoisotopic (exact) mass is 441 g/mol. The molecule has 0 radical (unpaired) electrons. The van der Waals surface area contributed by atoms with E-state index in [9.17, 15) is 0 Å². The molecule has 1 aromatic carbocycles. The highest BCUT2D eigenvalue weighted by Crippen LogP contribution is 2.08. The van der Waals surface area contributed by atoms with Gasteiger partial charge in [-0.05, 0) is 30.2 Å². The quantitative estimate of drug-likeness (QED) is 0.284. The van der Waals surface area contributed by atoms with E-state index < -0.39 is 0 Å². The van der Waals surface area contributed by atoms with Crippen LogP contribution in [0.15, 0.2) is 47.7 Å². The fourth-order valence-corrected chi connectivity index (χ4v) is 2.35. The van der Waals surface area contributed by atoms with Gasteiger partial charge in [0, 0.05) is 32.5 Å². The number of unbranched alkanes of at least 4 members (excludes halogenated alkanes) is 3. The van der Waals surface area contributed by atoms with Crippen LogP contribution >= 0.6 is 24.0 Å². The molecule has 6 heteroatoms. The molecule has 0 aliphatic rings. The summed E-state index contributed by atoms with van der Waals surface area (Å²) < 4.78 is 1.86. The lowest BCUT2D eigenvalue weighted by Crippen LogP contribution is -2.37. The van der Waals surface area contributed by atoms with Crippen molar-refractivity contribution in [3.8, 4) is 5.69 Å². The lowest BCUT2D eigenvalue weighted by molar-refractivity contribution is 0.647. The second-order valence-electron chi connectivity index (χ2n) is 5.53. The first-order valence-corrected chi connectivity index (χ1v) is 8.37. The Labute approximate surface area is 162 Å². The number of hydrogen-bond donors (Lipinski definition) is 2. The van der Waals surface area contributed by atoms with Crippen molar-refractivity contribution in [1.29, 1.82) is 0 Å². The van der Waals surface area contributed by atoms with Crippen molar-refractivity contribution in [2.45, 2.75) is 39.2 Å². The number of benzene rings is 1. The average Bonchev–Trinajstić information content (AvgIpc) is 3.12. The molecule has 2 rings (SSSR count). The lowest BCUT2D eigenvalue weighted by Gasteiger charge is -2.12. The van der Waals surface area contributed by atoms with E-state index in [2.05, 4.69) is 51.9 Å². The Morgan fingerprint density at radius 2 is 1.92 bits per heavy atom. The van der Waals surface area contributed by atoms with E-state index in [1.807, 2.05) is 24.0 Å². The molecule has 0 unspecified atom stereocenters. The summed E-state index contributed by atoms with van der Waals surface area (Å²) in [5.41, 5.74) is 2.28. The minimum absolute atomic E-state index is 0. The van der Waals surface area contributed by atoms with Crippen molar-refractivity contribution >= 4 is 29.9 Å². The van der Waals surface area contributed by atoms with Crippen LogP contribution in [0.1, 0.15) is 38.2 Å². The Morgan fingerprint density at radius 1 is 1.12 bits per heavy atom. The van der Waals surface area contributed by atoms with Crippen molar-refractivity contribution in [2.75, 3.05) is 13.6 Å². The van der Waals surface area contributed by atoms with E-state index in [1.54, 1.807) is 6.20 Å². The van der Waals surface area contributed by atoms with Gasteiger partial charge in [0.2, 0.25) is 0 Å². The van der Waals surface area contributed by atoms with Crippen molar-refractivity contribution < 1.29 is 0 Å². The Morgan fingerprint density at radius 3 is 2.54 bits per heavy atom. The van der Waals surface area contributed by atoms with Crippen molar-refractivity contribution in [2.24, 2.45) is 4.99 Å². The van der Waals surface area contributed by atoms with E-state index in [1.165, 1.54) is 31.2 Å². The fraction of sp³-hybridized carbons (Fsp3) is 0.444. The predicted molar refractivity (Wildman–Crippen MR) is 111 cm³/mol. The van der Waals surface area contributed by atoms with E-state index in [0.717, 1.165) is 24.7 Å². The number of hydrogen-bond acceptors (Lipinski definition) is 2. The van der Waals surface area contributed by atoms with Crippen LogP contribution in [0, 0.1) is 0 Å². The molecule has 0 amide bonds. The van der Waals surface area contributed by atoms with Gasteiger partial charge >= 0.3 is 0 Å². The van der Waals surface area contributed by atoms with E-state index in [-0.39, 0.29) is 24.0 Å². The van der Waals surface area contributed by atoms with Crippen LogP contribution in [0.3, 0.4) is 0 Å². The molecule has 0 fully saturated rings. The van der Waals surface area contributed by atoms with Crippen LogP contribution in [-0.4, -0.2) is 29.3 Å². The second-order valence-corrected chi connectivity index (χ2v) is 5.53. The first-order valence-electron chi connectivity index (χ1n) is 8.37. The van der Waals surface area contributed by atoms with Gasteiger partial charge in [0.25, 0.3) is 0 Å². The normalized spacial score (nSPS) is 11.0.